The molecule has 2 aromatic heterocycles. The second kappa shape index (κ2) is 9.23. The fourth-order valence-corrected chi connectivity index (χ4v) is 5.98. The second-order valence-electron chi connectivity index (χ2n) is 11.2. The average molecular weight is 519 g/mol. The van der Waals surface area contributed by atoms with Gasteiger partial charge in [-0.3, -0.25) is 4.79 Å². The Labute approximate surface area is 227 Å². The quantitative estimate of drug-likeness (QED) is 0.440. The first-order chi connectivity index (χ1) is 19.0. The van der Waals surface area contributed by atoms with Crippen molar-refractivity contribution < 1.29 is 9.53 Å². The molecule has 1 spiro atoms. The Morgan fingerprint density at radius 1 is 1.00 bits per heavy atom. The van der Waals surface area contributed by atoms with E-state index in [-0.39, 0.29) is 11.3 Å². The molecule has 0 aliphatic carbocycles. The van der Waals surface area contributed by atoms with Gasteiger partial charge in [0.25, 0.3) is 5.91 Å². The Morgan fingerprint density at radius 2 is 1.74 bits per heavy atom. The monoisotopic (exact) mass is 518 g/mol. The number of nitrogens with zero attached hydrogens (tertiary/aromatic N) is 5. The number of rotatable bonds is 4. The van der Waals surface area contributed by atoms with Crippen molar-refractivity contribution in [1.29, 1.82) is 5.26 Å². The lowest BCUT2D eigenvalue weighted by molar-refractivity contribution is -0.176. The molecular formula is C31H30N6O2. The number of aromatic amines is 1. The number of likely N-dealkylation sites (N-methyl/N-ethyl adjacent to an activating group) is 1. The Bertz CT molecular complexity index is 1600. The molecule has 1 amide bonds. The van der Waals surface area contributed by atoms with Gasteiger partial charge < -0.3 is 24.4 Å². The number of amides is 1. The summed E-state index contributed by atoms with van der Waals surface area (Å²) in [5.74, 6) is 0.0790. The van der Waals surface area contributed by atoms with Crippen LogP contribution in [0.15, 0.2) is 60.9 Å². The largest absolute Gasteiger partial charge is 0.380 e. The highest BCUT2D eigenvalue weighted by Gasteiger charge is 2.50. The van der Waals surface area contributed by atoms with Crippen molar-refractivity contribution in [2.24, 2.45) is 5.41 Å². The Morgan fingerprint density at radius 3 is 2.44 bits per heavy atom. The van der Waals surface area contributed by atoms with Gasteiger partial charge in [-0.25, -0.2) is 4.98 Å². The van der Waals surface area contributed by atoms with Gasteiger partial charge in [-0.2, -0.15) is 5.26 Å². The van der Waals surface area contributed by atoms with E-state index < -0.39 is 0 Å². The number of hydrogen-bond donors (Lipinski definition) is 1. The fraction of sp³-hybridized carbons (Fsp3) is 0.323. The molecular weight excluding hydrogens is 488 g/mol. The maximum absolute atomic E-state index is 12.9. The molecule has 4 aromatic rings. The zero-order valence-electron chi connectivity index (χ0n) is 22.0. The topological polar surface area (TPSA) is 88.5 Å². The lowest BCUT2D eigenvalue weighted by Gasteiger charge is -2.54. The summed E-state index contributed by atoms with van der Waals surface area (Å²) in [6.45, 7) is 6.93. The van der Waals surface area contributed by atoms with Crippen LogP contribution in [-0.4, -0.2) is 85.2 Å². The van der Waals surface area contributed by atoms with Crippen LogP contribution in [0.1, 0.15) is 15.9 Å². The molecule has 2 aromatic carbocycles. The van der Waals surface area contributed by atoms with E-state index in [0.717, 1.165) is 91.5 Å². The minimum absolute atomic E-state index is 0.0790. The molecule has 3 saturated heterocycles. The van der Waals surface area contributed by atoms with Crippen LogP contribution >= 0.6 is 0 Å². The van der Waals surface area contributed by atoms with Crippen molar-refractivity contribution in [2.45, 2.75) is 0 Å². The van der Waals surface area contributed by atoms with Gasteiger partial charge in [0.15, 0.2) is 0 Å². The van der Waals surface area contributed by atoms with Crippen molar-refractivity contribution >= 4 is 22.6 Å². The van der Waals surface area contributed by atoms with E-state index in [4.69, 9.17) is 4.74 Å². The summed E-state index contributed by atoms with van der Waals surface area (Å²) in [6.07, 6.45) is 3.81. The zero-order chi connectivity index (χ0) is 26.6. The Balaban J connectivity index is 1.14. The minimum Gasteiger partial charge on any atom is -0.380 e. The average Bonchev–Trinajstić information content (AvgIpc) is 3.35. The number of nitriles is 1. The van der Waals surface area contributed by atoms with Gasteiger partial charge in [0.05, 0.1) is 29.9 Å². The predicted octanol–water partition coefficient (Wildman–Crippen LogP) is 3.99. The number of piperazine rings is 1. The van der Waals surface area contributed by atoms with Gasteiger partial charge in [-0.05, 0) is 48.5 Å². The van der Waals surface area contributed by atoms with Crippen LogP contribution in [0.5, 0.6) is 0 Å². The molecule has 39 heavy (non-hydrogen) atoms. The lowest BCUT2D eigenvalue weighted by Crippen LogP contribution is -2.67. The van der Waals surface area contributed by atoms with E-state index in [2.05, 4.69) is 51.1 Å². The number of fused-ring (bicyclic) bond motifs is 1. The molecule has 8 heteroatoms. The molecule has 3 aliphatic rings. The third-order valence-corrected chi connectivity index (χ3v) is 8.42. The Hall–Kier alpha value is -4.19. The van der Waals surface area contributed by atoms with Gasteiger partial charge in [-0.15, -0.1) is 0 Å². The van der Waals surface area contributed by atoms with Gasteiger partial charge >= 0.3 is 0 Å². The summed E-state index contributed by atoms with van der Waals surface area (Å²) < 4.78 is 5.32. The van der Waals surface area contributed by atoms with E-state index in [0.29, 0.717) is 11.1 Å². The maximum Gasteiger partial charge on any atom is 0.253 e. The number of H-pyrrole nitrogens is 1. The fourth-order valence-electron chi connectivity index (χ4n) is 5.98. The first-order valence-electron chi connectivity index (χ1n) is 13.4. The molecule has 3 aliphatic heterocycles. The number of aromatic nitrogens is 2. The second-order valence-corrected chi connectivity index (χ2v) is 11.2. The number of ether oxygens (including phenoxy) is 1. The third kappa shape index (κ3) is 4.15. The molecule has 0 saturated carbocycles. The summed E-state index contributed by atoms with van der Waals surface area (Å²) >= 11 is 0. The van der Waals surface area contributed by atoms with E-state index >= 15 is 0 Å². The van der Waals surface area contributed by atoms with Crippen LogP contribution < -0.4 is 4.90 Å². The number of pyridine rings is 1. The number of carbonyl (C=O) groups is 1. The van der Waals surface area contributed by atoms with E-state index in [1.165, 1.54) is 0 Å². The predicted molar refractivity (Wildman–Crippen MR) is 151 cm³/mol. The van der Waals surface area contributed by atoms with Gasteiger partial charge in [0.1, 0.15) is 11.7 Å². The summed E-state index contributed by atoms with van der Waals surface area (Å²) in [6, 6.07) is 18.5. The first kappa shape index (κ1) is 23.9. The van der Waals surface area contributed by atoms with Crippen LogP contribution in [0.25, 0.3) is 33.3 Å². The summed E-state index contributed by atoms with van der Waals surface area (Å²) in [4.78, 5) is 27.4. The number of nitrogens with one attached hydrogen (secondary N) is 1. The van der Waals surface area contributed by atoms with E-state index in [1.54, 1.807) is 0 Å². The normalized spacial score (nSPS) is 18.6. The van der Waals surface area contributed by atoms with Crippen LogP contribution in [0.3, 0.4) is 0 Å². The molecule has 3 fully saturated rings. The molecule has 0 atom stereocenters. The molecule has 7 rings (SSSR count). The number of hydrogen-bond acceptors (Lipinski definition) is 6. The molecule has 8 nitrogen and oxygen atoms in total. The van der Waals surface area contributed by atoms with Crippen LogP contribution in [0.4, 0.5) is 5.69 Å². The van der Waals surface area contributed by atoms with Crippen molar-refractivity contribution in [3.05, 3.63) is 72.1 Å². The van der Waals surface area contributed by atoms with Crippen LogP contribution in [-0.2, 0) is 4.74 Å². The van der Waals surface area contributed by atoms with Crippen molar-refractivity contribution in [3.8, 4) is 28.3 Å². The smallest absolute Gasteiger partial charge is 0.253 e. The number of anilines is 1. The molecule has 0 unspecified atom stereocenters. The maximum atomic E-state index is 12.9. The highest BCUT2D eigenvalue weighted by atomic mass is 16.5. The number of carbonyl (C=O) groups excluding carboxylic acids is 1. The lowest BCUT2D eigenvalue weighted by atomic mass is 9.78. The summed E-state index contributed by atoms with van der Waals surface area (Å²) in [5.41, 5.74) is 7.38. The highest BCUT2D eigenvalue weighted by molar-refractivity contribution is 5.98. The first-order valence-corrected chi connectivity index (χ1v) is 13.4. The van der Waals surface area contributed by atoms with Crippen molar-refractivity contribution in [1.82, 2.24) is 19.8 Å². The standard InChI is InChI=1S/C31H30N6O2/c1-35-8-10-36(11-9-35)28-7-6-23(12-24(28)14-32)25-13-26-27(16-34-29(26)33-15-25)21-2-4-22(5-3-21)30(38)37-17-31(18-37)19-39-20-31/h2-7,12-13,15-16H,8-11,17-20H2,1H3,(H,33,34). The summed E-state index contributed by atoms with van der Waals surface area (Å²) in [7, 11) is 2.13. The van der Waals surface area contributed by atoms with Crippen molar-refractivity contribution in [3.63, 3.8) is 0 Å². The molecule has 0 radical (unpaired) electrons. The number of likely N-dealkylation sites (tertiary alicyclic amines) is 1. The third-order valence-electron chi connectivity index (χ3n) is 8.42. The van der Waals surface area contributed by atoms with E-state index in [1.807, 2.05) is 47.6 Å². The van der Waals surface area contributed by atoms with Crippen LogP contribution in [0.2, 0.25) is 0 Å². The molecule has 0 bridgehead atoms. The molecule has 196 valence electrons. The highest BCUT2D eigenvalue weighted by Crippen LogP contribution is 2.38. The van der Waals surface area contributed by atoms with Crippen LogP contribution in [0, 0.1) is 16.7 Å². The Kier molecular flexibility index (Phi) is 5.65. The minimum atomic E-state index is 0.0790. The number of benzene rings is 2. The summed E-state index contributed by atoms with van der Waals surface area (Å²) in [5, 5.41) is 10.9. The van der Waals surface area contributed by atoms with Gasteiger partial charge in [0, 0.05) is 73.7 Å². The van der Waals surface area contributed by atoms with E-state index in [9.17, 15) is 10.1 Å². The molecule has 1 N–H and O–H groups in total. The SMILES string of the molecule is CN1CCN(c2ccc(-c3cnc4[nH]cc(-c5ccc(C(=O)N6CC7(COC7)C6)cc5)c4c3)cc2C#N)CC1. The zero-order valence-corrected chi connectivity index (χ0v) is 22.0. The van der Waals surface area contributed by atoms with Gasteiger partial charge in [-0.1, -0.05) is 18.2 Å². The molecule has 5 heterocycles. The van der Waals surface area contributed by atoms with Crippen molar-refractivity contribution in [2.75, 3.05) is 64.4 Å². The van der Waals surface area contributed by atoms with Gasteiger partial charge in [0.2, 0.25) is 0 Å².